The van der Waals surface area contributed by atoms with Crippen LogP contribution >= 0.6 is 15.9 Å². The van der Waals surface area contributed by atoms with E-state index in [0.29, 0.717) is 18.9 Å². The fourth-order valence-electron chi connectivity index (χ4n) is 1.66. The highest BCUT2D eigenvalue weighted by Crippen LogP contribution is 2.18. The number of nitrogens with zero attached hydrogens (tertiary/aromatic N) is 2. The number of hydrogen-bond acceptors (Lipinski definition) is 4. The second-order valence-corrected chi connectivity index (χ2v) is 5.11. The predicted molar refractivity (Wildman–Crippen MR) is 81.5 cm³/mol. The van der Waals surface area contributed by atoms with Crippen molar-refractivity contribution >= 4 is 27.7 Å². The van der Waals surface area contributed by atoms with Gasteiger partial charge in [0.2, 0.25) is 0 Å². The van der Waals surface area contributed by atoms with Gasteiger partial charge in [0.1, 0.15) is 11.6 Å². The van der Waals surface area contributed by atoms with Gasteiger partial charge in [-0.3, -0.25) is 4.79 Å². The van der Waals surface area contributed by atoms with Crippen LogP contribution in [0.25, 0.3) is 0 Å². The lowest BCUT2D eigenvalue weighted by Gasteiger charge is -2.07. The molecule has 5 nitrogen and oxygen atoms in total. The summed E-state index contributed by atoms with van der Waals surface area (Å²) in [6.07, 6.45) is 0. The average molecular weight is 353 g/mol. The first-order valence-corrected chi connectivity index (χ1v) is 7.19. The number of benzene rings is 1. The Hall–Kier alpha value is -2.02. The van der Waals surface area contributed by atoms with Crippen LogP contribution in [0.4, 0.5) is 10.2 Å². The topological polar surface area (TPSA) is 66.9 Å². The van der Waals surface area contributed by atoms with Crippen molar-refractivity contribution in [1.82, 2.24) is 15.5 Å². The van der Waals surface area contributed by atoms with Gasteiger partial charge in [0.15, 0.2) is 5.69 Å². The van der Waals surface area contributed by atoms with E-state index >= 15 is 0 Å². The third-order valence-electron chi connectivity index (χ3n) is 2.70. The van der Waals surface area contributed by atoms with Crippen LogP contribution in [-0.2, 0) is 6.54 Å². The van der Waals surface area contributed by atoms with E-state index in [1.54, 1.807) is 18.2 Å². The summed E-state index contributed by atoms with van der Waals surface area (Å²) in [5, 5.41) is 13.4. The second kappa shape index (κ2) is 7.12. The molecule has 0 aliphatic heterocycles. The Morgan fingerprint density at radius 3 is 2.76 bits per heavy atom. The van der Waals surface area contributed by atoms with E-state index in [4.69, 9.17) is 0 Å². The number of halogens is 2. The lowest BCUT2D eigenvalue weighted by Crippen LogP contribution is -2.24. The van der Waals surface area contributed by atoms with Gasteiger partial charge in [0.25, 0.3) is 5.91 Å². The maximum Gasteiger partial charge on any atom is 0.271 e. The number of rotatable bonds is 5. The molecule has 0 saturated carbocycles. The van der Waals surface area contributed by atoms with Gasteiger partial charge in [-0.05, 0) is 42.8 Å². The standard InChI is InChI=1S/C14H14BrFN4O/c1-2-17-14(21)12-5-6-13(20-19-12)18-8-9-7-10(16)3-4-11(9)15/h3-7H,2,8H2,1H3,(H,17,21)(H,18,20). The van der Waals surface area contributed by atoms with Gasteiger partial charge < -0.3 is 10.6 Å². The van der Waals surface area contributed by atoms with Crippen molar-refractivity contribution in [3.05, 3.63) is 51.9 Å². The van der Waals surface area contributed by atoms with Crippen molar-refractivity contribution in [3.8, 4) is 0 Å². The summed E-state index contributed by atoms with van der Waals surface area (Å²) < 4.78 is 14.0. The zero-order valence-electron chi connectivity index (χ0n) is 11.4. The van der Waals surface area contributed by atoms with Crippen molar-refractivity contribution in [2.75, 3.05) is 11.9 Å². The fraction of sp³-hybridized carbons (Fsp3) is 0.214. The zero-order valence-corrected chi connectivity index (χ0v) is 12.9. The maximum absolute atomic E-state index is 13.2. The largest absolute Gasteiger partial charge is 0.364 e. The van der Waals surface area contributed by atoms with Crippen LogP contribution in [0.2, 0.25) is 0 Å². The molecule has 2 aromatic rings. The SMILES string of the molecule is CCNC(=O)c1ccc(NCc2cc(F)ccc2Br)nn1. The molecule has 21 heavy (non-hydrogen) atoms. The summed E-state index contributed by atoms with van der Waals surface area (Å²) >= 11 is 3.36. The van der Waals surface area contributed by atoms with Crippen LogP contribution in [0.3, 0.4) is 0 Å². The van der Waals surface area contributed by atoms with Gasteiger partial charge in [0, 0.05) is 17.6 Å². The highest BCUT2D eigenvalue weighted by Gasteiger charge is 2.07. The molecule has 0 fully saturated rings. The Bertz CT molecular complexity index is 633. The summed E-state index contributed by atoms with van der Waals surface area (Å²) in [5.41, 5.74) is 1.03. The molecule has 0 aliphatic carbocycles. The first kappa shape index (κ1) is 15.4. The minimum atomic E-state index is -0.298. The first-order chi connectivity index (χ1) is 10.1. The van der Waals surface area contributed by atoms with Crippen molar-refractivity contribution in [2.45, 2.75) is 13.5 Å². The van der Waals surface area contributed by atoms with Crippen molar-refractivity contribution in [2.24, 2.45) is 0 Å². The molecule has 0 aliphatic rings. The minimum Gasteiger partial charge on any atom is -0.364 e. The number of hydrogen-bond donors (Lipinski definition) is 2. The lowest BCUT2D eigenvalue weighted by atomic mass is 10.2. The number of anilines is 1. The Labute approximate surface area is 130 Å². The van der Waals surface area contributed by atoms with Crippen LogP contribution < -0.4 is 10.6 Å². The minimum absolute atomic E-state index is 0.259. The molecular formula is C14H14BrFN4O. The molecule has 7 heteroatoms. The molecule has 1 aromatic heterocycles. The highest BCUT2D eigenvalue weighted by molar-refractivity contribution is 9.10. The van der Waals surface area contributed by atoms with Crippen LogP contribution in [0.1, 0.15) is 23.0 Å². The molecule has 0 atom stereocenters. The van der Waals surface area contributed by atoms with Gasteiger partial charge >= 0.3 is 0 Å². The number of amides is 1. The monoisotopic (exact) mass is 352 g/mol. The van der Waals surface area contributed by atoms with Crippen molar-refractivity contribution < 1.29 is 9.18 Å². The Kier molecular flexibility index (Phi) is 5.21. The molecule has 0 unspecified atom stereocenters. The summed E-state index contributed by atoms with van der Waals surface area (Å²) in [5.74, 6) is -0.0451. The predicted octanol–water partition coefficient (Wildman–Crippen LogP) is 2.74. The normalized spacial score (nSPS) is 10.2. The molecule has 0 bridgehead atoms. The summed E-state index contributed by atoms with van der Waals surface area (Å²) in [4.78, 5) is 11.5. The smallest absolute Gasteiger partial charge is 0.271 e. The van der Waals surface area contributed by atoms with E-state index in [1.165, 1.54) is 12.1 Å². The third-order valence-corrected chi connectivity index (χ3v) is 3.48. The van der Waals surface area contributed by atoms with Crippen LogP contribution in [-0.4, -0.2) is 22.6 Å². The Morgan fingerprint density at radius 2 is 2.10 bits per heavy atom. The van der Waals surface area contributed by atoms with E-state index in [-0.39, 0.29) is 17.4 Å². The van der Waals surface area contributed by atoms with E-state index in [2.05, 4.69) is 36.8 Å². The zero-order chi connectivity index (χ0) is 15.2. The van der Waals surface area contributed by atoms with Crippen molar-refractivity contribution in [1.29, 1.82) is 0 Å². The van der Waals surface area contributed by atoms with Gasteiger partial charge in [-0.1, -0.05) is 15.9 Å². The van der Waals surface area contributed by atoms with E-state index in [1.807, 2.05) is 6.92 Å². The summed E-state index contributed by atoms with van der Waals surface area (Å²) in [6.45, 7) is 2.76. The van der Waals surface area contributed by atoms with Crippen LogP contribution in [0, 0.1) is 5.82 Å². The molecule has 2 N–H and O–H groups in total. The quantitative estimate of drug-likeness (QED) is 0.868. The molecule has 0 spiro atoms. The fourth-order valence-corrected chi connectivity index (χ4v) is 2.05. The number of nitrogens with one attached hydrogen (secondary N) is 2. The van der Waals surface area contributed by atoms with Gasteiger partial charge in [-0.2, -0.15) is 0 Å². The second-order valence-electron chi connectivity index (χ2n) is 4.25. The molecule has 1 amide bonds. The average Bonchev–Trinajstić information content (AvgIpc) is 2.49. The van der Waals surface area contributed by atoms with Gasteiger partial charge in [-0.15, -0.1) is 10.2 Å². The molecule has 0 radical (unpaired) electrons. The molecule has 0 saturated heterocycles. The third kappa shape index (κ3) is 4.22. The number of aromatic nitrogens is 2. The first-order valence-electron chi connectivity index (χ1n) is 6.40. The van der Waals surface area contributed by atoms with Gasteiger partial charge in [0.05, 0.1) is 0 Å². The number of carbonyl (C=O) groups is 1. The molecule has 110 valence electrons. The summed E-state index contributed by atoms with van der Waals surface area (Å²) in [7, 11) is 0. The number of carbonyl (C=O) groups excluding carboxylic acids is 1. The summed E-state index contributed by atoms with van der Waals surface area (Å²) in [6, 6.07) is 7.71. The Balaban J connectivity index is 2.00. The molecule has 2 rings (SSSR count). The highest BCUT2D eigenvalue weighted by atomic mass is 79.9. The molecule has 1 heterocycles. The Morgan fingerprint density at radius 1 is 1.29 bits per heavy atom. The van der Waals surface area contributed by atoms with Crippen LogP contribution in [0.15, 0.2) is 34.8 Å². The van der Waals surface area contributed by atoms with Crippen molar-refractivity contribution in [3.63, 3.8) is 0 Å². The van der Waals surface area contributed by atoms with E-state index in [9.17, 15) is 9.18 Å². The van der Waals surface area contributed by atoms with E-state index < -0.39 is 0 Å². The maximum atomic E-state index is 13.2. The van der Waals surface area contributed by atoms with Gasteiger partial charge in [-0.25, -0.2) is 4.39 Å². The molecular weight excluding hydrogens is 339 g/mol. The molecule has 1 aromatic carbocycles. The van der Waals surface area contributed by atoms with E-state index in [0.717, 1.165) is 10.0 Å². The van der Waals surface area contributed by atoms with Crippen LogP contribution in [0.5, 0.6) is 0 Å². The lowest BCUT2D eigenvalue weighted by molar-refractivity contribution is 0.0950.